The summed E-state index contributed by atoms with van der Waals surface area (Å²) < 4.78 is 26.4. The van der Waals surface area contributed by atoms with Crippen LogP contribution in [0.1, 0.15) is 64.4 Å². The highest BCUT2D eigenvalue weighted by atomic mass is 32.2. The van der Waals surface area contributed by atoms with E-state index in [9.17, 15) is 13.2 Å². The van der Waals surface area contributed by atoms with Gasteiger partial charge < -0.3 is 10.6 Å². The van der Waals surface area contributed by atoms with Crippen molar-refractivity contribution in [3.63, 3.8) is 0 Å². The van der Waals surface area contributed by atoms with Crippen LogP contribution in [0.15, 0.2) is 29.2 Å². The molecule has 0 unspecified atom stereocenters. The van der Waals surface area contributed by atoms with Crippen molar-refractivity contribution in [3.8, 4) is 0 Å². The van der Waals surface area contributed by atoms with E-state index in [4.69, 9.17) is 0 Å². The van der Waals surface area contributed by atoms with Crippen LogP contribution >= 0.6 is 0 Å². The molecule has 1 aromatic rings. The topological polar surface area (TPSA) is 78.5 Å². The van der Waals surface area contributed by atoms with Gasteiger partial charge in [0.2, 0.25) is 15.9 Å². The number of carbonyl (C=O) groups excluding carboxylic acids is 1. The zero-order valence-electron chi connectivity index (χ0n) is 17.2. The molecule has 0 aliphatic heterocycles. The second kappa shape index (κ2) is 11.5. The number of hydrogen-bond acceptors (Lipinski definition) is 4. The van der Waals surface area contributed by atoms with Crippen molar-refractivity contribution >= 4 is 15.9 Å². The van der Waals surface area contributed by atoms with Crippen molar-refractivity contribution in [2.45, 2.75) is 76.3 Å². The normalized spacial score (nSPS) is 16.5. The standard InChI is InChI=1S/C21H35N3O3S/c1-3-24(4-2)28(26,27)20-14-12-18(13-15-20)16-23-21(25)17-22-19-10-8-6-5-7-9-11-19/h12-15,19,22H,3-11,16-17H2,1-2H3,(H,23,25). The van der Waals surface area contributed by atoms with Crippen LogP contribution in [-0.4, -0.2) is 44.3 Å². The van der Waals surface area contributed by atoms with E-state index in [1.807, 2.05) is 13.8 Å². The van der Waals surface area contributed by atoms with Gasteiger partial charge in [0, 0.05) is 25.7 Å². The molecule has 2 N–H and O–H groups in total. The van der Waals surface area contributed by atoms with Crippen molar-refractivity contribution in [2.24, 2.45) is 0 Å². The molecule has 0 bridgehead atoms. The Kier molecular flexibility index (Phi) is 9.41. The maximum atomic E-state index is 12.5. The van der Waals surface area contributed by atoms with Crippen molar-refractivity contribution in [2.75, 3.05) is 19.6 Å². The first-order chi connectivity index (χ1) is 13.5. The molecule has 1 aromatic carbocycles. The SMILES string of the molecule is CCN(CC)S(=O)(=O)c1ccc(CNC(=O)CNC2CCCCCCC2)cc1. The van der Waals surface area contributed by atoms with E-state index in [2.05, 4.69) is 10.6 Å². The van der Waals surface area contributed by atoms with Crippen molar-refractivity contribution in [3.05, 3.63) is 29.8 Å². The largest absolute Gasteiger partial charge is 0.351 e. The second-order valence-electron chi connectivity index (χ2n) is 7.43. The fourth-order valence-electron chi connectivity index (χ4n) is 3.65. The van der Waals surface area contributed by atoms with E-state index in [1.54, 1.807) is 24.3 Å². The number of rotatable bonds is 9. The third-order valence-electron chi connectivity index (χ3n) is 5.41. The maximum absolute atomic E-state index is 12.5. The first-order valence-electron chi connectivity index (χ1n) is 10.6. The Balaban J connectivity index is 1.80. The third-order valence-corrected chi connectivity index (χ3v) is 7.48. The average Bonchev–Trinajstić information content (AvgIpc) is 2.66. The van der Waals surface area contributed by atoms with Gasteiger partial charge >= 0.3 is 0 Å². The molecule has 0 spiro atoms. The summed E-state index contributed by atoms with van der Waals surface area (Å²) in [5.41, 5.74) is 0.887. The molecular formula is C21H35N3O3S. The van der Waals surface area contributed by atoms with Gasteiger partial charge in [0.1, 0.15) is 0 Å². The van der Waals surface area contributed by atoms with E-state index in [0.717, 1.165) is 18.4 Å². The van der Waals surface area contributed by atoms with Gasteiger partial charge in [0.25, 0.3) is 0 Å². The number of nitrogens with zero attached hydrogens (tertiary/aromatic N) is 1. The minimum absolute atomic E-state index is 0.0260. The molecule has 1 aliphatic rings. The molecule has 0 saturated heterocycles. The van der Waals surface area contributed by atoms with E-state index in [1.165, 1.54) is 36.4 Å². The molecule has 0 atom stereocenters. The zero-order chi connectivity index (χ0) is 20.4. The zero-order valence-corrected chi connectivity index (χ0v) is 18.1. The highest BCUT2D eigenvalue weighted by Crippen LogP contribution is 2.17. The lowest BCUT2D eigenvalue weighted by Crippen LogP contribution is -2.39. The first-order valence-corrected chi connectivity index (χ1v) is 12.0. The molecular weight excluding hydrogens is 374 g/mol. The van der Waals surface area contributed by atoms with Crippen LogP contribution < -0.4 is 10.6 Å². The van der Waals surface area contributed by atoms with Crippen LogP contribution in [0.3, 0.4) is 0 Å². The van der Waals surface area contributed by atoms with Crippen molar-refractivity contribution in [1.29, 1.82) is 0 Å². The lowest BCUT2D eigenvalue weighted by molar-refractivity contribution is -0.120. The Morgan fingerprint density at radius 2 is 1.57 bits per heavy atom. The third kappa shape index (κ3) is 6.87. The van der Waals surface area contributed by atoms with Gasteiger partial charge in [-0.1, -0.05) is 58.1 Å². The first kappa shape index (κ1) is 22.8. The predicted molar refractivity (Wildman–Crippen MR) is 113 cm³/mol. The number of amides is 1. The summed E-state index contributed by atoms with van der Waals surface area (Å²) in [7, 11) is -3.44. The predicted octanol–water partition coefficient (Wildman–Crippen LogP) is 3.04. The smallest absolute Gasteiger partial charge is 0.243 e. The van der Waals surface area contributed by atoms with Crippen LogP contribution in [0.4, 0.5) is 0 Å². The van der Waals surface area contributed by atoms with Gasteiger partial charge in [-0.25, -0.2) is 8.42 Å². The Labute approximate surface area is 170 Å². The minimum atomic E-state index is -3.44. The molecule has 0 radical (unpaired) electrons. The fraction of sp³-hybridized carbons (Fsp3) is 0.667. The van der Waals surface area contributed by atoms with Gasteiger partial charge in [-0.2, -0.15) is 4.31 Å². The highest BCUT2D eigenvalue weighted by molar-refractivity contribution is 7.89. The number of nitrogens with one attached hydrogen (secondary N) is 2. The summed E-state index contributed by atoms with van der Waals surface area (Å²) in [4.78, 5) is 12.4. The van der Waals surface area contributed by atoms with E-state index in [0.29, 0.717) is 32.2 Å². The molecule has 28 heavy (non-hydrogen) atoms. The molecule has 1 amide bonds. The van der Waals surface area contributed by atoms with Gasteiger partial charge in [0.15, 0.2) is 0 Å². The number of hydrogen-bond donors (Lipinski definition) is 2. The van der Waals surface area contributed by atoms with Gasteiger partial charge in [-0.05, 0) is 30.5 Å². The second-order valence-corrected chi connectivity index (χ2v) is 9.37. The summed E-state index contributed by atoms with van der Waals surface area (Å²) in [6, 6.07) is 7.19. The Bertz CT molecular complexity index is 692. The Morgan fingerprint density at radius 3 is 2.14 bits per heavy atom. The molecule has 0 heterocycles. The molecule has 6 nitrogen and oxygen atoms in total. The monoisotopic (exact) mass is 409 g/mol. The van der Waals surface area contributed by atoms with Crippen molar-refractivity contribution < 1.29 is 13.2 Å². The fourth-order valence-corrected chi connectivity index (χ4v) is 5.11. The summed E-state index contributed by atoms with van der Waals surface area (Å²) in [5.74, 6) is -0.0260. The lowest BCUT2D eigenvalue weighted by atomic mass is 9.97. The van der Waals surface area contributed by atoms with Gasteiger partial charge in [-0.15, -0.1) is 0 Å². The van der Waals surface area contributed by atoms with Crippen LogP contribution in [0.25, 0.3) is 0 Å². The lowest BCUT2D eigenvalue weighted by Gasteiger charge is -2.20. The highest BCUT2D eigenvalue weighted by Gasteiger charge is 2.21. The maximum Gasteiger partial charge on any atom is 0.243 e. The van der Waals surface area contributed by atoms with Crippen LogP contribution in [0.5, 0.6) is 0 Å². The summed E-state index contributed by atoms with van der Waals surface area (Å²) in [5, 5.41) is 6.29. The van der Waals surface area contributed by atoms with Crippen LogP contribution in [0, 0.1) is 0 Å². The minimum Gasteiger partial charge on any atom is -0.351 e. The van der Waals surface area contributed by atoms with Crippen LogP contribution in [0.2, 0.25) is 0 Å². The Morgan fingerprint density at radius 1 is 1.00 bits per heavy atom. The van der Waals surface area contributed by atoms with Gasteiger partial charge in [0.05, 0.1) is 11.4 Å². The number of carbonyl (C=O) groups is 1. The summed E-state index contributed by atoms with van der Waals surface area (Å²) in [6.45, 7) is 5.29. The van der Waals surface area contributed by atoms with E-state index < -0.39 is 10.0 Å². The summed E-state index contributed by atoms with van der Waals surface area (Å²) in [6.07, 6.45) is 8.70. The summed E-state index contributed by atoms with van der Waals surface area (Å²) >= 11 is 0. The van der Waals surface area contributed by atoms with Gasteiger partial charge in [-0.3, -0.25) is 4.79 Å². The molecule has 1 saturated carbocycles. The average molecular weight is 410 g/mol. The quantitative estimate of drug-likeness (QED) is 0.657. The van der Waals surface area contributed by atoms with Crippen molar-refractivity contribution in [1.82, 2.24) is 14.9 Å². The molecule has 1 fully saturated rings. The Hall–Kier alpha value is -1.44. The van der Waals surface area contributed by atoms with E-state index >= 15 is 0 Å². The van der Waals surface area contributed by atoms with E-state index in [-0.39, 0.29) is 10.8 Å². The van der Waals surface area contributed by atoms with Crippen LogP contribution in [-0.2, 0) is 21.4 Å². The molecule has 2 rings (SSSR count). The molecule has 7 heteroatoms. The number of sulfonamides is 1. The number of benzene rings is 1. The molecule has 158 valence electrons. The molecule has 0 aromatic heterocycles. The molecule has 1 aliphatic carbocycles.